The zero-order valence-electron chi connectivity index (χ0n) is 10.4. The number of anilines is 3. The molecular formula is C13H15BrN4. The Bertz CT molecular complexity index is 549. The van der Waals surface area contributed by atoms with Crippen molar-refractivity contribution < 1.29 is 0 Å². The molecule has 0 atom stereocenters. The van der Waals surface area contributed by atoms with Gasteiger partial charge in [0, 0.05) is 21.9 Å². The van der Waals surface area contributed by atoms with Crippen molar-refractivity contribution in [2.45, 2.75) is 20.3 Å². The van der Waals surface area contributed by atoms with Crippen LogP contribution in [0.3, 0.4) is 0 Å². The Morgan fingerprint density at radius 1 is 1.22 bits per heavy atom. The molecule has 0 unspecified atom stereocenters. The van der Waals surface area contributed by atoms with Gasteiger partial charge < -0.3 is 11.1 Å². The maximum atomic E-state index is 5.63. The van der Waals surface area contributed by atoms with Crippen molar-refractivity contribution in [2.75, 3.05) is 11.1 Å². The van der Waals surface area contributed by atoms with Crippen molar-refractivity contribution in [1.82, 2.24) is 9.97 Å². The monoisotopic (exact) mass is 306 g/mol. The minimum absolute atomic E-state index is 0.281. The lowest BCUT2D eigenvalue weighted by molar-refractivity contribution is 1.11. The van der Waals surface area contributed by atoms with E-state index in [1.165, 1.54) is 5.56 Å². The molecule has 5 heteroatoms. The predicted molar refractivity (Wildman–Crippen MR) is 78.0 cm³/mol. The van der Waals surface area contributed by atoms with Crippen molar-refractivity contribution in [3.63, 3.8) is 0 Å². The molecule has 1 aromatic heterocycles. The topological polar surface area (TPSA) is 63.8 Å². The number of hydrogen-bond acceptors (Lipinski definition) is 4. The fraction of sp³-hybridized carbons (Fsp3) is 0.231. The molecule has 2 aromatic rings. The second-order valence-corrected chi connectivity index (χ2v) is 5.00. The highest BCUT2D eigenvalue weighted by atomic mass is 79.9. The lowest BCUT2D eigenvalue weighted by Crippen LogP contribution is -2.01. The first-order valence-corrected chi connectivity index (χ1v) is 6.54. The number of halogens is 1. The number of benzene rings is 1. The lowest BCUT2D eigenvalue weighted by atomic mass is 10.1. The van der Waals surface area contributed by atoms with Crippen LogP contribution in [0.4, 0.5) is 17.5 Å². The smallest absolute Gasteiger partial charge is 0.222 e. The molecular weight excluding hydrogens is 292 g/mol. The Kier molecular flexibility index (Phi) is 3.81. The van der Waals surface area contributed by atoms with Crippen LogP contribution < -0.4 is 11.1 Å². The van der Waals surface area contributed by atoms with Crippen molar-refractivity contribution in [3.8, 4) is 0 Å². The van der Waals surface area contributed by atoms with Gasteiger partial charge >= 0.3 is 0 Å². The Labute approximate surface area is 115 Å². The Morgan fingerprint density at radius 3 is 2.67 bits per heavy atom. The number of nitrogens with zero attached hydrogens (tertiary/aromatic N) is 2. The molecule has 2 rings (SSSR count). The minimum atomic E-state index is 0.281. The number of nitrogens with one attached hydrogen (secondary N) is 1. The van der Waals surface area contributed by atoms with Crippen LogP contribution in [-0.4, -0.2) is 9.97 Å². The summed E-state index contributed by atoms with van der Waals surface area (Å²) in [5.74, 6) is 0.989. The third kappa shape index (κ3) is 3.20. The number of aryl methyl sites for hydroxylation is 2. The van der Waals surface area contributed by atoms with Gasteiger partial charge in [0.15, 0.2) is 0 Å². The normalized spacial score (nSPS) is 10.4. The van der Waals surface area contributed by atoms with E-state index in [1.807, 2.05) is 19.1 Å². The van der Waals surface area contributed by atoms with Crippen molar-refractivity contribution in [2.24, 2.45) is 0 Å². The van der Waals surface area contributed by atoms with Crippen LogP contribution >= 0.6 is 15.9 Å². The van der Waals surface area contributed by atoms with Crippen LogP contribution in [0.5, 0.6) is 0 Å². The van der Waals surface area contributed by atoms with E-state index < -0.39 is 0 Å². The molecule has 1 heterocycles. The summed E-state index contributed by atoms with van der Waals surface area (Å²) in [7, 11) is 0. The van der Waals surface area contributed by atoms with Gasteiger partial charge in [-0.2, -0.15) is 4.98 Å². The molecule has 1 aromatic carbocycles. The summed E-state index contributed by atoms with van der Waals surface area (Å²) in [5, 5.41) is 3.24. The summed E-state index contributed by atoms with van der Waals surface area (Å²) in [6.07, 6.45) is 0.985. The summed E-state index contributed by atoms with van der Waals surface area (Å²) in [4.78, 5) is 8.20. The van der Waals surface area contributed by atoms with Gasteiger partial charge in [0.05, 0.1) is 0 Å². The first-order chi connectivity index (χ1) is 8.56. The van der Waals surface area contributed by atoms with Gasteiger partial charge in [0.2, 0.25) is 5.95 Å². The largest absolute Gasteiger partial charge is 0.368 e. The number of rotatable bonds is 3. The minimum Gasteiger partial charge on any atom is -0.368 e. The van der Waals surface area contributed by atoms with E-state index in [9.17, 15) is 0 Å². The molecule has 0 bridgehead atoms. The molecule has 0 fully saturated rings. The first kappa shape index (κ1) is 12.8. The molecule has 0 saturated heterocycles. The summed E-state index contributed by atoms with van der Waals surface area (Å²) in [6, 6.07) is 8.07. The summed E-state index contributed by atoms with van der Waals surface area (Å²) < 4.78 is 1.04. The SMILES string of the molecule is CCc1cc(Br)cc(Nc2cc(C)nc(N)n2)c1. The maximum Gasteiger partial charge on any atom is 0.222 e. The Morgan fingerprint density at radius 2 is 2.00 bits per heavy atom. The molecule has 0 aliphatic heterocycles. The third-order valence-corrected chi connectivity index (χ3v) is 2.97. The van der Waals surface area contributed by atoms with E-state index in [2.05, 4.69) is 50.3 Å². The first-order valence-electron chi connectivity index (χ1n) is 5.74. The van der Waals surface area contributed by atoms with Gasteiger partial charge in [-0.05, 0) is 37.1 Å². The number of nitrogen functional groups attached to an aromatic ring is 1. The van der Waals surface area contributed by atoms with Gasteiger partial charge in [0.1, 0.15) is 5.82 Å². The molecule has 94 valence electrons. The van der Waals surface area contributed by atoms with E-state index in [0.29, 0.717) is 5.82 Å². The Hall–Kier alpha value is -1.62. The molecule has 3 N–H and O–H groups in total. The fourth-order valence-electron chi connectivity index (χ4n) is 1.73. The molecule has 0 amide bonds. The molecule has 0 aliphatic rings. The average molecular weight is 307 g/mol. The van der Waals surface area contributed by atoms with Crippen molar-refractivity contribution in [3.05, 3.63) is 40.0 Å². The summed E-state index contributed by atoms with van der Waals surface area (Å²) >= 11 is 3.50. The van der Waals surface area contributed by atoms with E-state index >= 15 is 0 Å². The van der Waals surface area contributed by atoms with Gasteiger partial charge in [0.25, 0.3) is 0 Å². The highest BCUT2D eigenvalue weighted by molar-refractivity contribution is 9.10. The van der Waals surface area contributed by atoms with Crippen LogP contribution in [0.2, 0.25) is 0 Å². The predicted octanol–water partition coefficient (Wildman–Crippen LogP) is 3.44. The van der Waals surface area contributed by atoms with E-state index in [0.717, 1.165) is 22.3 Å². The average Bonchev–Trinajstić information content (AvgIpc) is 2.26. The highest BCUT2D eigenvalue weighted by Gasteiger charge is 2.02. The van der Waals surface area contributed by atoms with Crippen LogP contribution in [0.1, 0.15) is 18.2 Å². The fourth-order valence-corrected chi connectivity index (χ4v) is 2.27. The quantitative estimate of drug-likeness (QED) is 0.912. The van der Waals surface area contributed by atoms with Crippen LogP contribution in [0, 0.1) is 6.92 Å². The second-order valence-electron chi connectivity index (χ2n) is 4.08. The zero-order chi connectivity index (χ0) is 13.1. The third-order valence-electron chi connectivity index (χ3n) is 2.51. The lowest BCUT2D eigenvalue weighted by Gasteiger charge is -2.09. The number of hydrogen-bond donors (Lipinski definition) is 2. The standard InChI is InChI=1S/C13H15BrN4/c1-3-9-5-10(14)7-11(6-9)17-12-4-8(2)16-13(15)18-12/h4-7H,3H2,1-2H3,(H3,15,16,17,18). The molecule has 0 saturated carbocycles. The summed E-state index contributed by atoms with van der Waals surface area (Å²) in [5.41, 5.74) is 8.71. The molecule has 4 nitrogen and oxygen atoms in total. The second kappa shape index (κ2) is 5.35. The van der Waals surface area contributed by atoms with Crippen molar-refractivity contribution in [1.29, 1.82) is 0 Å². The van der Waals surface area contributed by atoms with Gasteiger partial charge in [-0.25, -0.2) is 4.98 Å². The van der Waals surface area contributed by atoms with Gasteiger partial charge in [-0.15, -0.1) is 0 Å². The van der Waals surface area contributed by atoms with E-state index in [-0.39, 0.29) is 5.95 Å². The molecule has 0 spiro atoms. The molecule has 0 aliphatic carbocycles. The number of nitrogens with two attached hydrogens (primary N) is 1. The van der Waals surface area contributed by atoms with E-state index in [1.54, 1.807) is 0 Å². The van der Waals surface area contributed by atoms with Gasteiger partial charge in [-0.1, -0.05) is 22.9 Å². The van der Waals surface area contributed by atoms with Crippen LogP contribution in [0.25, 0.3) is 0 Å². The molecule has 0 radical (unpaired) electrons. The van der Waals surface area contributed by atoms with Crippen molar-refractivity contribution >= 4 is 33.4 Å². The summed E-state index contributed by atoms with van der Waals surface area (Å²) in [6.45, 7) is 4.01. The number of aromatic nitrogens is 2. The molecule has 18 heavy (non-hydrogen) atoms. The Balaban J connectivity index is 2.30. The van der Waals surface area contributed by atoms with Crippen LogP contribution in [-0.2, 0) is 6.42 Å². The van der Waals surface area contributed by atoms with Gasteiger partial charge in [-0.3, -0.25) is 0 Å². The maximum absolute atomic E-state index is 5.63. The zero-order valence-corrected chi connectivity index (χ0v) is 12.0. The van der Waals surface area contributed by atoms with Crippen LogP contribution in [0.15, 0.2) is 28.7 Å². The van der Waals surface area contributed by atoms with E-state index in [4.69, 9.17) is 5.73 Å². The highest BCUT2D eigenvalue weighted by Crippen LogP contribution is 2.23.